The summed E-state index contributed by atoms with van der Waals surface area (Å²) < 4.78 is 0. The molecule has 6 atom stereocenters. The Kier molecular flexibility index (Phi) is 6.11. The first-order valence-corrected chi connectivity index (χ1v) is 12.6. The van der Waals surface area contributed by atoms with E-state index in [4.69, 9.17) is 0 Å². The van der Waals surface area contributed by atoms with E-state index in [1.54, 1.807) is 6.21 Å². The summed E-state index contributed by atoms with van der Waals surface area (Å²) in [5, 5.41) is 25.2. The molecule has 1 spiro atoms. The monoisotopic (exact) mass is 425 g/mol. The van der Waals surface area contributed by atoms with Crippen molar-refractivity contribution in [2.45, 2.75) is 81.9 Å². The summed E-state index contributed by atoms with van der Waals surface area (Å²) in [4.78, 5) is 5.34. The fraction of sp³-hybridized carbons (Fsp3) is 0.731. The van der Waals surface area contributed by atoms with Gasteiger partial charge in [0.1, 0.15) is 0 Å². The molecule has 4 heterocycles. The minimum absolute atomic E-state index is 0.00931. The third kappa shape index (κ3) is 3.83. The van der Waals surface area contributed by atoms with Crippen LogP contribution in [0.1, 0.15) is 64.2 Å². The van der Waals surface area contributed by atoms with Crippen LogP contribution in [0.15, 0.2) is 41.1 Å². The van der Waals surface area contributed by atoms with Gasteiger partial charge in [0.05, 0.1) is 17.9 Å². The molecule has 170 valence electrons. The largest absolute Gasteiger partial charge is 0.411 e. The molecule has 5 heteroatoms. The number of hydrogen-bond donors (Lipinski definition) is 2. The standard InChI is InChI=1S/C26H39N3O2/c30-26-13-8-4-1-2-5-9-14-28-16-12-23(21(17-26)19-27-31)25(20-28)18-22-11-7-3-6-10-15-29(22)24(25)26/h1,4,7,11,17,19,22-24,30-31H,2-3,5-6,8-10,12-16,18,20H2/b4-1-,11-7-,27-19+/t22-,23-,24+,25-,26-/m0/s1. The van der Waals surface area contributed by atoms with Gasteiger partial charge in [0, 0.05) is 18.0 Å². The van der Waals surface area contributed by atoms with E-state index in [0.29, 0.717) is 12.0 Å². The Morgan fingerprint density at radius 2 is 1.81 bits per heavy atom. The summed E-state index contributed by atoms with van der Waals surface area (Å²) in [5.74, 6) is 0.354. The van der Waals surface area contributed by atoms with Crippen molar-refractivity contribution in [3.63, 3.8) is 0 Å². The maximum Gasteiger partial charge on any atom is 0.0997 e. The number of rotatable bonds is 1. The van der Waals surface area contributed by atoms with Crippen LogP contribution < -0.4 is 0 Å². The maximum atomic E-state index is 12.3. The summed E-state index contributed by atoms with van der Waals surface area (Å²) in [6.07, 6.45) is 24.2. The van der Waals surface area contributed by atoms with Gasteiger partial charge in [-0.15, -0.1) is 0 Å². The minimum atomic E-state index is -0.893. The summed E-state index contributed by atoms with van der Waals surface area (Å²) in [6, 6.07) is 0.534. The molecule has 1 unspecified atom stereocenters. The zero-order valence-electron chi connectivity index (χ0n) is 18.8. The van der Waals surface area contributed by atoms with Gasteiger partial charge in [-0.3, -0.25) is 4.90 Å². The number of aliphatic hydroxyl groups is 1. The van der Waals surface area contributed by atoms with Gasteiger partial charge < -0.3 is 15.2 Å². The lowest BCUT2D eigenvalue weighted by molar-refractivity contribution is -0.0947. The highest BCUT2D eigenvalue weighted by atomic mass is 16.4. The van der Waals surface area contributed by atoms with Crippen LogP contribution in [0.3, 0.4) is 0 Å². The molecule has 0 aromatic heterocycles. The molecule has 0 radical (unpaired) electrons. The molecule has 1 aliphatic carbocycles. The van der Waals surface area contributed by atoms with Crippen molar-refractivity contribution in [3.05, 3.63) is 36.0 Å². The molecule has 0 amide bonds. The number of hydrogen-bond acceptors (Lipinski definition) is 5. The Morgan fingerprint density at radius 1 is 1.00 bits per heavy atom. The van der Waals surface area contributed by atoms with Crippen LogP contribution in [-0.4, -0.2) is 70.2 Å². The van der Waals surface area contributed by atoms with E-state index in [-0.39, 0.29) is 11.5 Å². The van der Waals surface area contributed by atoms with Gasteiger partial charge in [0.2, 0.25) is 0 Å². The number of allylic oxidation sites excluding steroid dienone is 4. The minimum Gasteiger partial charge on any atom is -0.411 e. The van der Waals surface area contributed by atoms with Crippen LogP contribution in [-0.2, 0) is 0 Å². The van der Waals surface area contributed by atoms with Crippen molar-refractivity contribution in [2.75, 3.05) is 26.2 Å². The van der Waals surface area contributed by atoms with Crippen LogP contribution in [0.4, 0.5) is 0 Å². The van der Waals surface area contributed by atoms with Crippen molar-refractivity contribution >= 4 is 6.21 Å². The molecule has 4 aliphatic heterocycles. The molecule has 2 N–H and O–H groups in total. The van der Waals surface area contributed by atoms with Gasteiger partial charge >= 0.3 is 0 Å². The molecule has 3 bridgehead atoms. The Balaban J connectivity index is 1.64. The SMILES string of the molecule is O/N=C/C1=C[C@@]2(O)CC/C=C\CCCCN3CC[C@@H]1[C@]1(C[C@@H]4/C=C\CCCCN4[C@H]12)C3. The molecular weight excluding hydrogens is 386 g/mol. The van der Waals surface area contributed by atoms with Crippen LogP contribution in [0.5, 0.6) is 0 Å². The lowest BCUT2D eigenvalue weighted by atomic mass is 9.55. The lowest BCUT2D eigenvalue weighted by Gasteiger charge is -2.57. The highest BCUT2D eigenvalue weighted by Gasteiger charge is 2.65. The molecule has 5 aliphatic rings. The van der Waals surface area contributed by atoms with Crippen molar-refractivity contribution in [3.8, 4) is 0 Å². The maximum absolute atomic E-state index is 12.3. The van der Waals surface area contributed by atoms with E-state index < -0.39 is 5.60 Å². The zero-order chi connectivity index (χ0) is 21.3. The summed E-state index contributed by atoms with van der Waals surface area (Å²) in [7, 11) is 0. The van der Waals surface area contributed by atoms with E-state index in [9.17, 15) is 10.3 Å². The quantitative estimate of drug-likeness (QED) is 0.287. The molecule has 2 fully saturated rings. The van der Waals surface area contributed by atoms with Gasteiger partial charge in [0.25, 0.3) is 0 Å². The smallest absolute Gasteiger partial charge is 0.0997 e. The van der Waals surface area contributed by atoms with E-state index in [2.05, 4.69) is 45.3 Å². The fourth-order valence-corrected chi connectivity index (χ4v) is 7.61. The van der Waals surface area contributed by atoms with Gasteiger partial charge in [0.15, 0.2) is 0 Å². The van der Waals surface area contributed by atoms with Crippen molar-refractivity contribution < 1.29 is 10.3 Å². The average Bonchev–Trinajstić information content (AvgIpc) is 3.02. The second kappa shape index (κ2) is 8.84. The first kappa shape index (κ1) is 21.4. The van der Waals surface area contributed by atoms with Crippen LogP contribution >= 0.6 is 0 Å². The van der Waals surface area contributed by atoms with Crippen molar-refractivity contribution in [1.29, 1.82) is 0 Å². The van der Waals surface area contributed by atoms with Crippen molar-refractivity contribution in [2.24, 2.45) is 16.5 Å². The Bertz CT molecular complexity index is 775. The Morgan fingerprint density at radius 3 is 2.68 bits per heavy atom. The molecule has 5 rings (SSSR count). The number of fused-ring (bicyclic) bond motifs is 2. The molecule has 0 aromatic rings. The zero-order valence-corrected chi connectivity index (χ0v) is 18.8. The van der Waals surface area contributed by atoms with E-state index in [1.807, 2.05) is 0 Å². The molecule has 0 saturated carbocycles. The second-order valence-electron chi connectivity index (χ2n) is 10.6. The second-order valence-corrected chi connectivity index (χ2v) is 10.6. The normalized spacial score (nSPS) is 45.9. The summed E-state index contributed by atoms with van der Waals surface area (Å²) >= 11 is 0. The molecule has 5 nitrogen and oxygen atoms in total. The van der Waals surface area contributed by atoms with Crippen LogP contribution in [0.25, 0.3) is 0 Å². The third-order valence-electron chi connectivity index (χ3n) is 8.71. The summed E-state index contributed by atoms with van der Waals surface area (Å²) in [6.45, 7) is 4.38. The molecule has 31 heavy (non-hydrogen) atoms. The van der Waals surface area contributed by atoms with Crippen LogP contribution in [0, 0.1) is 11.3 Å². The van der Waals surface area contributed by atoms with Gasteiger partial charge in [-0.1, -0.05) is 29.5 Å². The van der Waals surface area contributed by atoms with Gasteiger partial charge in [-0.05, 0) is 101 Å². The Labute approximate surface area is 187 Å². The number of piperidine rings is 1. The predicted molar refractivity (Wildman–Crippen MR) is 124 cm³/mol. The Hall–Kier alpha value is -1.43. The van der Waals surface area contributed by atoms with E-state index >= 15 is 0 Å². The lowest BCUT2D eigenvalue weighted by Crippen LogP contribution is -2.66. The van der Waals surface area contributed by atoms with Crippen molar-refractivity contribution in [1.82, 2.24) is 9.80 Å². The first-order chi connectivity index (χ1) is 15.2. The molecular formula is C26H39N3O2. The molecule has 2 saturated heterocycles. The van der Waals surface area contributed by atoms with E-state index in [0.717, 1.165) is 63.9 Å². The highest BCUT2D eigenvalue weighted by molar-refractivity contribution is 5.80. The predicted octanol–water partition coefficient (Wildman–Crippen LogP) is 4.13. The highest BCUT2D eigenvalue weighted by Crippen LogP contribution is 2.59. The summed E-state index contributed by atoms with van der Waals surface area (Å²) in [5.41, 5.74) is 0.171. The average molecular weight is 426 g/mol. The number of oxime groups is 1. The van der Waals surface area contributed by atoms with Gasteiger partial charge in [-0.2, -0.15) is 0 Å². The van der Waals surface area contributed by atoms with Crippen LogP contribution in [0.2, 0.25) is 0 Å². The topological polar surface area (TPSA) is 59.3 Å². The molecule has 0 aromatic carbocycles. The third-order valence-corrected chi connectivity index (χ3v) is 8.71. The number of nitrogens with zero attached hydrogens (tertiary/aromatic N) is 3. The van der Waals surface area contributed by atoms with Gasteiger partial charge in [-0.25, -0.2) is 0 Å². The first-order valence-electron chi connectivity index (χ1n) is 12.6. The van der Waals surface area contributed by atoms with E-state index in [1.165, 1.54) is 32.1 Å². The fourth-order valence-electron chi connectivity index (χ4n) is 7.61.